The molecule has 4 heteroatoms. The summed E-state index contributed by atoms with van der Waals surface area (Å²) in [6, 6.07) is 0.110. The van der Waals surface area contributed by atoms with Crippen LogP contribution in [0, 0.1) is 0 Å². The smallest absolute Gasteiger partial charge is 0.242 e. The zero-order chi connectivity index (χ0) is 10.8. The molecule has 1 amide bonds. The van der Waals surface area contributed by atoms with Gasteiger partial charge in [-0.2, -0.15) is 0 Å². The maximum absolute atomic E-state index is 11.9. The molecule has 1 atom stereocenters. The Morgan fingerprint density at radius 1 is 1.64 bits per heavy atom. The lowest BCUT2D eigenvalue weighted by atomic mass is 10.2. The lowest BCUT2D eigenvalue weighted by Crippen LogP contribution is -2.50. The number of ether oxygens (including phenoxy) is 1. The van der Waals surface area contributed by atoms with Crippen molar-refractivity contribution in [1.82, 2.24) is 4.90 Å². The third-order valence-corrected chi connectivity index (χ3v) is 2.76. The largest absolute Gasteiger partial charge is 0.383 e. The quantitative estimate of drug-likeness (QED) is 0.697. The van der Waals surface area contributed by atoms with Crippen molar-refractivity contribution >= 4 is 5.91 Å². The minimum atomic E-state index is -0.558. The van der Waals surface area contributed by atoms with Crippen molar-refractivity contribution in [3.63, 3.8) is 0 Å². The van der Waals surface area contributed by atoms with Gasteiger partial charge in [0.25, 0.3) is 0 Å². The monoisotopic (exact) mass is 200 g/mol. The van der Waals surface area contributed by atoms with Crippen molar-refractivity contribution in [2.45, 2.75) is 38.3 Å². The number of carbonyl (C=O) groups excluding carboxylic acids is 1. The second-order valence-electron chi connectivity index (χ2n) is 4.05. The van der Waals surface area contributed by atoms with E-state index in [4.69, 9.17) is 10.5 Å². The molecule has 0 radical (unpaired) electrons. The number of hydrogen-bond donors (Lipinski definition) is 1. The van der Waals surface area contributed by atoms with Gasteiger partial charge in [-0.25, -0.2) is 0 Å². The number of nitrogens with zero attached hydrogens (tertiary/aromatic N) is 1. The van der Waals surface area contributed by atoms with Crippen LogP contribution in [0.2, 0.25) is 0 Å². The van der Waals surface area contributed by atoms with Gasteiger partial charge in [-0.3, -0.25) is 4.79 Å². The van der Waals surface area contributed by atoms with Crippen LogP contribution in [-0.2, 0) is 9.53 Å². The van der Waals surface area contributed by atoms with Crippen molar-refractivity contribution < 1.29 is 9.53 Å². The predicted octanol–water partition coefficient (Wildman–Crippen LogP) is 0.361. The summed E-state index contributed by atoms with van der Waals surface area (Å²) >= 11 is 0. The van der Waals surface area contributed by atoms with E-state index in [9.17, 15) is 4.79 Å². The first-order valence-electron chi connectivity index (χ1n) is 5.14. The summed E-state index contributed by atoms with van der Waals surface area (Å²) in [4.78, 5) is 13.7. The van der Waals surface area contributed by atoms with Gasteiger partial charge >= 0.3 is 0 Å². The van der Waals surface area contributed by atoms with Gasteiger partial charge in [-0.05, 0) is 26.7 Å². The summed E-state index contributed by atoms with van der Waals surface area (Å²) in [7, 11) is 1.64. The minimum absolute atomic E-state index is 0.0737. The highest BCUT2D eigenvalue weighted by Gasteiger charge is 2.48. The van der Waals surface area contributed by atoms with Crippen LogP contribution in [0.3, 0.4) is 0 Å². The second-order valence-corrected chi connectivity index (χ2v) is 4.05. The lowest BCUT2D eigenvalue weighted by Gasteiger charge is -2.29. The molecular weight excluding hydrogens is 180 g/mol. The number of rotatable bonds is 5. The number of nitrogens with two attached hydrogens (primary N) is 1. The average molecular weight is 200 g/mol. The van der Waals surface area contributed by atoms with Gasteiger partial charge in [0.2, 0.25) is 5.91 Å². The molecule has 0 bridgehead atoms. The molecule has 1 fully saturated rings. The molecule has 1 unspecified atom stereocenters. The van der Waals surface area contributed by atoms with E-state index in [1.54, 1.807) is 12.0 Å². The van der Waals surface area contributed by atoms with Gasteiger partial charge in [0, 0.05) is 13.7 Å². The van der Waals surface area contributed by atoms with Crippen LogP contribution in [0.15, 0.2) is 0 Å². The Morgan fingerprint density at radius 3 is 2.57 bits per heavy atom. The Hall–Kier alpha value is -0.610. The SMILES string of the molecule is CCN(C(=O)C1(N)CC1)C(C)COC. The Labute approximate surface area is 85.4 Å². The number of likely N-dealkylation sites (N-methyl/N-ethyl adjacent to an activating group) is 1. The molecule has 1 saturated carbocycles. The van der Waals surface area contributed by atoms with Crippen molar-refractivity contribution in [3.05, 3.63) is 0 Å². The van der Waals surface area contributed by atoms with E-state index >= 15 is 0 Å². The van der Waals surface area contributed by atoms with E-state index in [0.717, 1.165) is 12.8 Å². The maximum Gasteiger partial charge on any atom is 0.242 e. The molecule has 0 saturated heterocycles. The molecule has 0 aromatic heterocycles. The molecule has 1 aliphatic rings. The van der Waals surface area contributed by atoms with Crippen molar-refractivity contribution in [2.24, 2.45) is 5.73 Å². The third-order valence-electron chi connectivity index (χ3n) is 2.76. The first kappa shape index (κ1) is 11.5. The van der Waals surface area contributed by atoms with Crippen LogP contribution in [0.1, 0.15) is 26.7 Å². The normalized spacial score (nSPS) is 20.3. The molecule has 82 valence electrons. The van der Waals surface area contributed by atoms with Crippen molar-refractivity contribution in [3.8, 4) is 0 Å². The van der Waals surface area contributed by atoms with Crippen LogP contribution < -0.4 is 5.73 Å². The first-order chi connectivity index (χ1) is 6.55. The molecule has 0 heterocycles. The topological polar surface area (TPSA) is 55.6 Å². The van der Waals surface area contributed by atoms with Crippen molar-refractivity contribution in [2.75, 3.05) is 20.3 Å². The fraction of sp³-hybridized carbons (Fsp3) is 0.900. The fourth-order valence-corrected chi connectivity index (χ4v) is 1.62. The maximum atomic E-state index is 11.9. The summed E-state index contributed by atoms with van der Waals surface area (Å²) in [5, 5.41) is 0. The summed E-state index contributed by atoms with van der Waals surface area (Å²) < 4.78 is 5.03. The van der Waals surface area contributed by atoms with Crippen LogP contribution in [0.4, 0.5) is 0 Å². The zero-order valence-electron chi connectivity index (χ0n) is 9.25. The third kappa shape index (κ3) is 2.25. The number of carbonyl (C=O) groups is 1. The van der Waals surface area contributed by atoms with Gasteiger partial charge in [-0.15, -0.1) is 0 Å². The van der Waals surface area contributed by atoms with Gasteiger partial charge < -0.3 is 15.4 Å². The van der Waals surface area contributed by atoms with E-state index in [2.05, 4.69) is 0 Å². The molecule has 14 heavy (non-hydrogen) atoms. The minimum Gasteiger partial charge on any atom is -0.383 e. The molecule has 0 aliphatic heterocycles. The average Bonchev–Trinajstić information content (AvgIpc) is 2.86. The van der Waals surface area contributed by atoms with E-state index < -0.39 is 5.54 Å². The predicted molar refractivity (Wildman–Crippen MR) is 54.9 cm³/mol. The lowest BCUT2D eigenvalue weighted by molar-refractivity contribution is -0.136. The Kier molecular flexibility index (Phi) is 3.50. The van der Waals surface area contributed by atoms with Crippen LogP contribution in [0.25, 0.3) is 0 Å². The molecule has 0 aromatic carbocycles. The molecule has 1 rings (SSSR count). The molecule has 1 aliphatic carbocycles. The van der Waals surface area contributed by atoms with Crippen LogP contribution >= 0.6 is 0 Å². The molecule has 4 nitrogen and oxygen atoms in total. The molecule has 0 spiro atoms. The van der Waals surface area contributed by atoms with E-state index in [1.165, 1.54) is 0 Å². The molecule has 0 aromatic rings. The summed E-state index contributed by atoms with van der Waals surface area (Å²) in [5.74, 6) is 0.0737. The highest BCUT2D eigenvalue weighted by Crippen LogP contribution is 2.34. The Morgan fingerprint density at radius 2 is 2.21 bits per heavy atom. The number of hydrogen-bond acceptors (Lipinski definition) is 3. The number of amides is 1. The van der Waals surface area contributed by atoms with Crippen molar-refractivity contribution in [1.29, 1.82) is 0 Å². The highest BCUT2D eigenvalue weighted by atomic mass is 16.5. The van der Waals surface area contributed by atoms with E-state index in [0.29, 0.717) is 13.2 Å². The Bertz CT molecular complexity index is 214. The fourth-order valence-electron chi connectivity index (χ4n) is 1.62. The van der Waals surface area contributed by atoms with Crippen LogP contribution in [0.5, 0.6) is 0 Å². The van der Waals surface area contributed by atoms with Gasteiger partial charge in [-0.1, -0.05) is 0 Å². The number of methoxy groups -OCH3 is 1. The van der Waals surface area contributed by atoms with Crippen LogP contribution in [-0.4, -0.2) is 42.6 Å². The van der Waals surface area contributed by atoms with E-state index in [-0.39, 0.29) is 11.9 Å². The highest BCUT2D eigenvalue weighted by molar-refractivity contribution is 5.89. The summed E-state index contributed by atoms with van der Waals surface area (Å²) in [6.07, 6.45) is 1.64. The molecular formula is C10H20N2O2. The second kappa shape index (κ2) is 4.28. The summed E-state index contributed by atoms with van der Waals surface area (Å²) in [6.45, 7) is 5.21. The van der Waals surface area contributed by atoms with E-state index in [1.807, 2.05) is 13.8 Å². The standard InChI is InChI=1S/C10H20N2O2/c1-4-12(8(2)7-14-3)9(13)10(11)5-6-10/h8H,4-7,11H2,1-3H3. The summed E-state index contributed by atoms with van der Waals surface area (Å²) in [5.41, 5.74) is 5.31. The van der Waals surface area contributed by atoms with Gasteiger partial charge in [0.15, 0.2) is 0 Å². The van der Waals surface area contributed by atoms with Gasteiger partial charge in [0.05, 0.1) is 18.2 Å². The zero-order valence-corrected chi connectivity index (χ0v) is 9.25. The Balaban J connectivity index is 2.56. The van der Waals surface area contributed by atoms with Gasteiger partial charge in [0.1, 0.15) is 0 Å². The molecule has 2 N–H and O–H groups in total. The first-order valence-corrected chi connectivity index (χ1v) is 5.14.